The van der Waals surface area contributed by atoms with Crippen molar-refractivity contribution in [3.05, 3.63) is 0 Å². The van der Waals surface area contributed by atoms with E-state index in [0.29, 0.717) is 0 Å². The van der Waals surface area contributed by atoms with E-state index in [9.17, 15) is 9.67 Å². The minimum Gasteiger partial charge on any atom is -0.390 e. The standard InChI is InChI=1S/C6H15N2O6P/c7-15(12,13)8-2-3-1-4(9)5(10)6(11)14-3/h3-6,9-11H,1-2H2,(H4,7,8,12,13)/t3-,4-,5-,6?/m0/s1. The maximum absolute atomic E-state index is 10.7. The van der Waals surface area contributed by atoms with Gasteiger partial charge < -0.3 is 24.9 Å². The summed E-state index contributed by atoms with van der Waals surface area (Å²) in [6, 6.07) is 0. The normalized spacial score (nSPS) is 41.1. The van der Waals surface area contributed by atoms with Crippen LogP contribution in [0.3, 0.4) is 0 Å². The lowest BCUT2D eigenvalue weighted by Gasteiger charge is -2.34. The highest BCUT2D eigenvalue weighted by molar-refractivity contribution is 7.53. The molecule has 5 atom stereocenters. The third kappa shape index (κ3) is 4.13. The first-order chi connectivity index (χ1) is 6.79. The van der Waals surface area contributed by atoms with E-state index >= 15 is 0 Å². The molecule has 90 valence electrons. The summed E-state index contributed by atoms with van der Waals surface area (Å²) in [6.45, 7) is -0.0921. The van der Waals surface area contributed by atoms with E-state index in [0.717, 1.165) is 0 Å². The van der Waals surface area contributed by atoms with Crippen LogP contribution in [0, 0.1) is 0 Å². The van der Waals surface area contributed by atoms with Crippen LogP contribution in [0.1, 0.15) is 6.42 Å². The molecule has 0 radical (unpaired) electrons. The summed E-state index contributed by atoms with van der Waals surface area (Å²) in [7, 11) is -3.84. The summed E-state index contributed by atoms with van der Waals surface area (Å²) in [4.78, 5) is 8.72. The van der Waals surface area contributed by atoms with Crippen molar-refractivity contribution in [1.82, 2.24) is 5.09 Å². The Balaban J connectivity index is 2.42. The van der Waals surface area contributed by atoms with E-state index in [-0.39, 0.29) is 13.0 Å². The molecule has 0 aliphatic carbocycles. The zero-order valence-electron chi connectivity index (χ0n) is 7.85. The van der Waals surface area contributed by atoms with Gasteiger partial charge in [-0.05, 0) is 0 Å². The monoisotopic (exact) mass is 242 g/mol. The topological polar surface area (TPSA) is 145 Å². The summed E-state index contributed by atoms with van der Waals surface area (Å²) in [5, 5.41) is 29.6. The average Bonchev–Trinajstić information content (AvgIpc) is 2.09. The average molecular weight is 242 g/mol. The van der Waals surface area contributed by atoms with Gasteiger partial charge in [0.2, 0.25) is 0 Å². The van der Waals surface area contributed by atoms with Crippen LogP contribution >= 0.6 is 7.67 Å². The highest BCUT2D eigenvalue weighted by atomic mass is 31.2. The zero-order valence-corrected chi connectivity index (χ0v) is 8.75. The molecular formula is C6H15N2O6P. The van der Waals surface area contributed by atoms with E-state index in [2.05, 4.69) is 5.09 Å². The van der Waals surface area contributed by atoms with Gasteiger partial charge in [0.05, 0.1) is 12.2 Å². The van der Waals surface area contributed by atoms with Crippen molar-refractivity contribution in [1.29, 1.82) is 0 Å². The van der Waals surface area contributed by atoms with Crippen LogP contribution in [0.25, 0.3) is 0 Å². The van der Waals surface area contributed by atoms with Gasteiger partial charge in [0.25, 0.3) is 0 Å². The number of hydrogen-bond acceptors (Lipinski definition) is 5. The largest absolute Gasteiger partial charge is 0.390 e. The molecule has 8 nitrogen and oxygen atoms in total. The highest BCUT2D eigenvalue weighted by Gasteiger charge is 2.35. The quantitative estimate of drug-likeness (QED) is 0.297. The summed E-state index contributed by atoms with van der Waals surface area (Å²) < 4.78 is 15.5. The lowest BCUT2D eigenvalue weighted by Crippen LogP contribution is -2.50. The van der Waals surface area contributed by atoms with Crippen LogP contribution in [-0.4, -0.2) is 51.4 Å². The lowest BCUT2D eigenvalue weighted by atomic mass is 10.0. The summed E-state index contributed by atoms with van der Waals surface area (Å²) >= 11 is 0. The molecule has 1 rings (SSSR count). The Morgan fingerprint density at radius 3 is 2.53 bits per heavy atom. The third-order valence-corrected chi connectivity index (χ3v) is 2.70. The number of rotatable bonds is 3. The second kappa shape index (κ2) is 4.86. The number of nitrogens with one attached hydrogen (secondary N) is 1. The van der Waals surface area contributed by atoms with Crippen LogP contribution in [0.2, 0.25) is 0 Å². The first-order valence-electron chi connectivity index (χ1n) is 4.36. The molecular weight excluding hydrogens is 227 g/mol. The summed E-state index contributed by atoms with van der Waals surface area (Å²) in [5.41, 5.74) is 4.82. The molecule has 0 bridgehead atoms. The van der Waals surface area contributed by atoms with Gasteiger partial charge in [0, 0.05) is 13.0 Å². The van der Waals surface area contributed by atoms with Crippen LogP contribution in [0.5, 0.6) is 0 Å². The van der Waals surface area contributed by atoms with Gasteiger partial charge in [0.15, 0.2) is 6.29 Å². The first-order valence-corrected chi connectivity index (χ1v) is 6.08. The Kier molecular flexibility index (Phi) is 4.21. The maximum Gasteiger partial charge on any atom is 0.335 e. The van der Waals surface area contributed by atoms with Crippen molar-refractivity contribution < 1.29 is 29.5 Å². The summed E-state index contributed by atoms with van der Waals surface area (Å²) in [6.07, 6.45) is -4.62. The van der Waals surface area contributed by atoms with Gasteiger partial charge in [-0.2, -0.15) is 0 Å². The minimum atomic E-state index is -3.84. The van der Waals surface area contributed by atoms with Gasteiger partial charge in [-0.3, -0.25) is 4.57 Å². The van der Waals surface area contributed by atoms with Gasteiger partial charge in [-0.25, -0.2) is 10.6 Å². The van der Waals surface area contributed by atoms with Crippen molar-refractivity contribution >= 4 is 7.67 Å². The van der Waals surface area contributed by atoms with Crippen molar-refractivity contribution in [3.8, 4) is 0 Å². The zero-order chi connectivity index (χ0) is 11.6. The summed E-state index contributed by atoms with van der Waals surface area (Å²) in [5.74, 6) is 0. The molecule has 0 spiro atoms. The van der Waals surface area contributed by atoms with E-state index in [1.165, 1.54) is 0 Å². The van der Waals surface area contributed by atoms with Crippen molar-refractivity contribution in [2.75, 3.05) is 6.54 Å². The van der Waals surface area contributed by atoms with Crippen LogP contribution in [-0.2, 0) is 9.30 Å². The van der Waals surface area contributed by atoms with Crippen LogP contribution in [0.4, 0.5) is 0 Å². The Morgan fingerprint density at radius 2 is 2.07 bits per heavy atom. The Hall–Kier alpha value is -0.0500. The SMILES string of the molecule is NP(=O)(O)NC[C@@H]1C[C@H](O)[C@H](O)C(O)O1. The maximum atomic E-state index is 10.7. The Morgan fingerprint density at radius 1 is 1.47 bits per heavy atom. The molecule has 1 fully saturated rings. The van der Waals surface area contributed by atoms with Crippen LogP contribution < -0.4 is 10.6 Å². The van der Waals surface area contributed by atoms with E-state index in [1.54, 1.807) is 0 Å². The second-order valence-corrected chi connectivity index (χ2v) is 4.99. The van der Waals surface area contributed by atoms with Gasteiger partial charge in [-0.1, -0.05) is 0 Å². The number of hydrogen-bond donors (Lipinski definition) is 6. The van der Waals surface area contributed by atoms with Gasteiger partial charge in [-0.15, -0.1) is 0 Å². The van der Waals surface area contributed by atoms with E-state index < -0.39 is 32.3 Å². The van der Waals surface area contributed by atoms with Crippen molar-refractivity contribution in [2.24, 2.45) is 5.50 Å². The molecule has 1 aliphatic heterocycles. The van der Waals surface area contributed by atoms with E-state index in [1.807, 2.05) is 0 Å². The molecule has 15 heavy (non-hydrogen) atoms. The van der Waals surface area contributed by atoms with Crippen LogP contribution in [0.15, 0.2) is 0 Å². The van der Waals surface area contributed by atoms with E-state index in [4.69, 9.17) is 25.3 Å². The first kappa shape index (κ1) is 13.0. The molecule has 1 saturated heterocycles. The van der Waals surface area contributed by atoms with Crippen molar-refractivity contribution in [3.63, 3.8) is 0 Å². The molecule has 2 unspecified atom stereocenters. The molecule has 1 heterocycles. The molecule has 9 heteroatoms. The third-order valence-electron chi connectivity index (χ3n) is 2.07. The number of aliphatic hydroxyl groups excluding tert-OH is 3. The fourth-order valence-corrected chi connectivity index (χ4v) is 1.76. The molecule has 0 saturated carbocycles. The van der Waals surface area contributed by atoms with Gasteiger partial charge >= 0.3 is 7.67 Å². The molecule has 0 aromatic rings. The smallest absolute Gasteiger partial charge is 0.335 e. The predicted octanol–water partition coefficient (Wildman–Crippen LogP) is -2.54. The molecule has 0 amide bonds. The Bertz CT molecular complexity index is 246. The number of aliphatic hydroxyl groups is 3. The van der Waals surface area contributed by atoms with Gasteiger partial charge in [0.1, 0.15) is 6.10 Å². The molecule has 7 N–H and O–H groups in total. The fraction of sp³-hybridized carbons (Fsp3) is 1.00. The second-order valence-electron chi connectivity index (χ2n) is 3.43. The lowest BCUT2D eigenvalue weighted by molar-refractivity contribution is -0.244. The highest BCUT2D eigenvalue weighted by Crippen LogP contribution is 2.25. The predicted molar refractivity (Wildman–Crippen MR) is 49.5 cm³/mol. The Labute approximate surface area is 86.2 Å². The fourth-order valence-electron chi connectivity index (χ4n) is 1.30. The molecule has 0 aromatic heterocycles. The minimum absolute atomic E-state index is 0.0469. The molecule has 0 aromatic carbocycles. The van der Waals surface area contributed by atoms with Crippen molar-refractivity contribution in [2.45, 2.75) is 31.0 Å². The number of nitrogens with two attached hydrogens (primary N) is 1. The molecule has 1 aliphatic rings. The number of ether oxygens (including phenoxy) is 1.